The van der Waals surface area contributed by atoms with E-state index in [0.717, 1.165) is 19.3 Å². The van der Waals surface area contributed by atoms with E-state index in [1.807, 2.05) is 27.7 Å². The molecule has 5 nitrogen and oxygen atoms in total. The summed E-state index contributed by atoms with van der Waals surface area (Å²) in [4.78, 5) is 0. The van der Waals surface area contributed by atoms with E-state index >= 15 is 0 Å². The highest BCUT2D eigenvalue weighted by atomic mass is 32.2. The second-order valence-corrected chi connectivity index (χ2v) is 7.46. The van der Waals surface area contributed by atoms with Gasteiger partial charge in [0.15, 0.2) is 0 Å². The van der Waals surface area contributed by atoms with Crippen molar-refractivity contribution >= 4 is 10.2 Å². The van der Waals surface area contributed by atoms with Gasteiger partial charge in [-0.05, 0) is 32.6 Å². The number of rotatable bonds is 5. The molecule has 0 bridgehead atoms. The predicted octanol–water partition coefficient (Wildman–Crippen LogP) is 1.07. The van der Waals surface area contributed by atoms with E-state index in [2.05, 4.69) is 4.72 Å². The molecule has 1 fully saturated rings. The average molecular weight is 277 g/mol. The average Bonchev–Trinajstić information content (AvgIpc) is 2.28. The summed E-state index contributed by atoms with van der Waals surface area (Å²) in [7, 11) is -3.44. The fraction of sp³-hybridized carbons (Fsp3) is 1.00. The van der Waals surface area contributed by atoms with Crippen LogP contribution in [0.1, 0.15) is 47.0 Å². The van der Waals surface area contributed by atoms with Gasteiger partial charge in [-0.1, -0.05) is 20.3 Å². The van der Waals surface area contributed by atoms with Crippen molar-refractivity contribution < 1.29 is 8.42 Å². The first-order valence-corrected chi connectivity index (χ1v) is 8.18. The van der Waals surface area contributed by atoms with Gasteiger partial charge in [-0.2, -0.15) is 17.4 Å². The molecule has 0 radical (unpaired) electrons. The number of hydrogen-bond acceptors (Lipinski definition) is 3. The number of nitrogens with two attached hydrogens (primary N) is 1. The van der Waals surface area contributed by atoms with Gasteiger partial charge in [0.2, 0.25) is 0 Å². The van der Waals surface area contributed by atoms with E-state index in [1.165, 1.54) is 0 Å². The van der Waals surface area contributed by atoms with Gasteiger partial charge in [-0.25, -0.2) is 0 Å². The van der Waals surface area contributed by atoms with Gasteiger partial charge in [-0.3, -0.25) is 0 Å². The van der Waals surface area contributed by atoms with Crippen LogP contribution in [0.25, 0.3) is 0 Å². The molecule has 6 heteroatoms. The lowest BCUT2D eigenvalue weighted by Crippen LogP contribution is -2.60. The van der Waals surface area contributed by atoms with Crippen molar-refractivity contribution in [1.29, 1.82) is 0 Å². The molecule has 18 heavy (non-hydrogen) atoms. The summed E-state index contributed by atoms with van der Waals surface area (Å²) < 4.78 is 29.2. The van der Waals surface area contributed by atoms with Crippen molar-refractivity contribution in [2.45, 2.75) is 58.5 Å². The molecule has 0 amide bonds. The SMILES string of the molecule is CC1CCCCN1S(=O)(=O)NC(C)(CN)C(C)C. The molecule has 2 atom stereocenters. The summed E-state index contributed by atoms with van der Waals surface area (Å²) in [5, 5.41) is 0. The van der Waals surface area contributed by atoms with Crippen LogP contribution in [-0.2, 0) is 10.2 Å². The van der Waals surface area contributed by atoms with Crippen LogP contribution < -0.4 is 10.5 Å². The van der Waals surface area contributed by atoms with Gasteiger partial charge in [0, 0.05) is 24.7 Å². The Hall–Kier alpha value is -0.170. The Morgan fingerprint density at radius 2 is 2.06 bits per heavy atom. The maximum absolute atomic E-state index is 12.4. The van der Waals surface area contributed by atoms with Crippen LogP contribution in [0.2, 0.25) is 0 Å². The van der Waals surface area contributed by atoms with Gasteiger partial charge in [0.25, 0.3) is 10.2 Å². The fourth-order valence-corrected chi connectivity index (χ4v) is 4.15. The highest BCUT2D eigenvalue weighted by Gasteiger charge is 2.37. The summed E-state index contributed by atoms with van der Waals surface area (Å²) in [5.41, 5.74) is 5.15. The zero-order chi connectivity index (χ0) is 14.0. The normalized spacial score (nSPS) is 26.2. The Balaban J connectivity index is 2.86. The third-order valence-electron chi connectivity index (χ3n) is 4.11. The lowest BCUT2D eigenvalue weighted by Gasteiger charge is -2.38. The minimum absolute atomic E-state index is 0.0745. The minimum atomic E-state index is -3.44. The zero-order valence-electron chi connectivity index (χ0n) is 11.9. The van der Waals surface area contributed by atoms with Gasteiger partial charge in [0.1, 0.15) is 0 Å². The molecule has 108 valence electrons. The summed E-state index contributed by atoms with van der Waals surface area (Å²) in [6, 6.07) is 0.0745. The lowest BCUT2D eigenvalue weighted by molar-refractivity contribution is 0.248. The molecule has 3 N–H and O–H groups in total. The van der Waals surface area contributed by atoms with E-state index in [-0.39, 0.29) is 12.0 Å². The Kier molecular flexibility index (Phi) is 5.17. The molecular weight excluding hydrogens is 250 g/mol. The Morgan fingerprint density at radius 3 is 2.50 bits per heavy atom. The van der Waals surface area contributed by atoms with Crippen LogP contribution in [0, 0.1) is 5.92 Å². The highest BCUT2D eigenvalue weighted by Crippen LogP contribution is 2.22. The molecule has 0 spiro atoms. The quantitative estimate of drug-likeness (QED) is 0.789. The molecule has 0 aliphatic carbocycles. The van der Waals surface area contributed by atoms with E-state index < -0.39 is 15.7 Å². The summed E-state index contributed by atoms with van der Waals surface area (Å²) in [6.45, 7) is 8.70. The molecule has 1 heterocycles. The Labute approximate surface area is 111 Å². The first kappa shape index (κ1) is 15.9. The van der Waals surface area contributed by atoms with E-state index in [1.54, 1.807) is 4.31 Å². The van der Waals surface area contributed by atoms with Crippen LogP contribution >= 0.6 is 0 Å². The van der Waals surface area contributed by atoms with Crippen LogP contribution in [0.3, 0.4) is 0 Å². The van der Waals surface area contributed by atoms with Crippen LogP contribution in [-0.4, -0.2) is 37.4 Å². The van der Waals surface area contributed by atoms with Crippen molar-refractivity contribution in [2.75, 3.05) is 13.1 Å². The summed E-state index contributed by atoms with van der Waals surface area (Å²) in [6.07, 6.45) is 2.97. The molecule has 1 aliphatic rings. The summed E-state index contributed by atoms with van der Waals surface area (Å²) in [5.74, 6) is 0.150. The molecule has 1 saturated heterocycles. The number of nitrogens with one attached hydrogen (secondary N) is 1. The Morgan fingerprint density at radius 1 is 1.44 bits per heavy atom. The standard InChI is InChI=1S/C12H27N3O2S/c1-10(2)12(4,9-13)14-18(16,17)15-8-6-5-7-11(15)3/h10-11,14H,5-9,13H2,1-4H3. The minimum Gasteiger partial charge on any atom is -0.329 e. The third kappa shape index (κ3) is 3.44. The maximum atomic E-state index is 12.4. The maximum Gasteiger partial charge on any atom is 0.280 e. The van der Waals surface area contributed by atoms with E-state index in [0.29, 0.717) is 13.1 Å². The number of nitrogens with zero attached hydrogens (tertiary/aromatic N) is 1. The van der Waals surface area contributed by atoms with Gasteiger partial charge >= 0.3 is 0 Å². The number of hydrogen-bond donors (Lipinski definition) is 2. The molecule has 0 aromatic carbocycles. The van der Waals surface area contributed by atoms with Crippen LogP contribution in [0.4, 0.5) is 0 Å². The summed E-state index contributed by atoms with van der Waals surface area (Å²) >= 11 is 0. The lowest BCUT2D eigenvalue weighted by atomic mass is 9.90. The number of piperidine rings is 1. The van der Waals surface area contributed by atoms with Crippen molar-refractivity contribution in [2.24, 2.45) is 11.7 Å². The fourth-order valence-electron chi connectivity index (χ4n) is 2.18. The van der Waals surface area contributed by atoms with Crippen LogP contribution in [0.5, 0.6) is 0 Å². The van der Waals surface area contributed by atoms with Crippen molar-refractivity contribution in [3.63, 3.8) is 0 Å². The Bertz CT molecular complexity index is 370. The molecular formula is C12H27N3O2S. The smallest absolute Gasteiger partial charge is 0.280 e. The molecule has 1 rings (SSSR count). The second kappa shape index (κ2) is 5.86. The van der Waals surface area contributed by atoms with Gasteiger partial charge in [-0.15, -0.1) is 0 Å². The predicted molar refractivity (Wildman–Crippen MR) is 74.4 cm³/mol. The molecule has 2 unspecified atom stereocenters. The van der Waals surface area contributed by atoms with Crippen LogP contribution in [0.15, 0.2) is 0 Å². The topological polar surface area (TPSA) is 75.4 Å². The molecule has 0 saturated carbocycles. The molecule has 1 aliphatic heterocycles. The zero-order valence-corrected chi connectivity index (χ0v) is 12.8. The van der Waals surface area contributed by atoms with Crippen molar-refractivity contribution in [3.8, 4) is 0 Å². The van der Waals surface area contributed by atoms with Gasteiger partial charge < -0.3 is 5.73 Å². The largest absolute Gasteiger partial charge is 0.329 e. The van der Waals surface area contributed by atoms with Crippen molar-refractivity contribution in [3.05, 3.63) is 0 Å². The first-order valence-electron chi connectivity index (χ1n) is 6.74. The van der Waals surface area contributed by atoms with E-state index in [4.69, 9.17) is 5.73 Å². The monoisotopic (exact) mass is 277 g/mol. The highest BCUT2D eigenvalue weighted by molar-refractivity contribution is 7.87. The molecule has 0 aromatic rings. The van der Waals surface area contributed by atoms with E-state index in [9.17, 15) is 8.42 Å². The second-order valence-electron chi connectivity index (χ2n) is 5.84. The third-order valence-corrected chi connectivity index (χ3v) is 6.00. The molecule has 0 aromatic heterocycles. The van der Waals surface area contributed by atoms with Crippen molar-refractivity contribution in [1.82, 2.24) is 9.03 Å². The van der Waals surface area contributed by atoms with Gasteiger partial charge in [0.05, 0.1) is 0 Å². The first-order chi connectivity index (χ1) is 8.23.